The fraction of sp³-hybridized carbons (Fsp3) is 0.300. The summed E-state index contributed by atoms with van der Waals surface area (Å²) in [7, 11) is 0. The Bertz CT molecular complexity index is 976. The first-order chi connectivity index (χ1) is 13.4. The smallest absolute Gasteiger partial charge is 0.311 e. The van der Waals surface area contributed by atoms with Crippen LogP contribution < -0.4 is 10.2 Å². The molecule has 28 heavy (non-hydrogen) atoms. The summed E-state index contributed by atoms with van der Waals surface area (Å²) in [6, 6.07) is 9.26. The van der Waals surface area contributed by atoms with Crippen LogP contribution in [0.15, 0.2) is 29.6 Å². The highest BCUT2D eigenvalue weighted by Gasteiger charge is 2.37. The molecule has 1 N–H and O–H groups in total. The summed E-state index contributed by atoms with van der Waals surface area (Å²) in [5.74, 6) is -1.86. The SMILES string of the molecule is Cc1cccc(N2C[C@@H](C(=O)OCC(=O)Nc3sccc3C#N)CC2=O)c1C. The average Bonchev–Trinajstić information content (AvgIpc) is 3.28. The van der Waals surface area contributed by atoms with Crippen LogP contribution in [-0.4, -0.2) is 30.9 Å². The molecule has 0 spiro atoms. The summed E-state index contributed by atoms with van der Waals surface area (Å²) < 4.78 is 5.09. The van der Waals surface area contributed by atoms with Crippen molar-refractivity contribution in [1.82, 2.24) is 0 Å². The monoisotopic (exact) mass is 397 g/mol. The zero-order chi connectivity index (χ0) is 20.3. The molecule has 0 bridgehead atoms. The Labute approximate surface area is 166 Å². The molecule has 0 radical (unpaired) electrons. The minimum atomic E-state index is -0.614. The van der Waals surface area contributed by atoms with Gasteiger partial charge in [0.25, 0.3) is 5.91 Å². The number of aryl methyl sites for hydroxylation is 1. The number of esters is 1. The van der Waals surface area contributed by atoms with Gasteiger partial charge in [-0.2, -0.15) is 5.26 Å². The topological polar surface area (TPSA) is 99.5 Å². The molecular weight excluding hydrogens is 378 g/mol. The van der Waals surface area contributed by atoms with Gasteiger partial charge in [-0.15, -0.1) is 11.3 Å². The van der Waals surface area contributed by atoms with Gasteiger partial charge in [0.2, 0.25) is 5.91 Å². The average molecular weight is 397 g/mol. The largest absolute Gasteiger partial charge is 0.455 e. The van der Waals surface area contributed by atoms with Crippen LogP contribution in [0.3, 0.4) is 0 Å². The summed E-state index contributed by atoms with van der Waals surface area (Å²) in [6.07, 6.45) is 0.0529. The van der Waals surface area contributed by atoms with Crippen molar-refractivity contribution >= 4 is 39.8 Å². The van der Waals surface area contributed by atoms with Crippen LogP contribution in [-0.2, 0) is 19.1 Å². The van der Waals surface area contributed by atoms with Crippen molar-refractivity contribution in [2.75, 3.05) is 23.4 Å². The lowest BCUT2D eigenvalue weighted by molar-refractivity contribution is -0.151. The van der Waals surface area contributed by atoms with E-state index < -0.39 is 24.4 Å². The molecule has 1 aromatic heterocycles. The van der Waals surface area contributed by atoms with E-state index in [2.05, 4.69) is 5.32 Å². The van der Waals surface area contributed by atoms with E-state index in [1.165, 1.54) is 11.3 Å². The quantitative estimate of drug-likeness (QED) is 0.782. The molecule has 3 rings (SSSR count). The highest BCUT2D eigenvalue weighted by Crippen LogP contribution is 2.30. The zero-order valence-electron chi connectivity index (χ0n) is 15.5. The Hall–Kier alpha value is -3.18. The van der Waals surface area contributed by atoms with Gasteiger partial charge in [0, 0.05) is 18.7 Å². The third-order valence-corrected chi connectivity index (χ3v) is 5.54. The third kappa shape index (κ3) is 4.05. The van der Waals surface area contributed by atoms with Crippen LogP contribution in [0.4, 0.5) is 10.7 Å². The number of carbonyl (C=O) groups excluding carboxylic acids is 3. The van der Waals surface area contributed by atoms with Crippen LogP contribution in [0.1, 0.15) is 23.1 Å². The molecule has 1 fully saturated rings. The second kappa shape index (κ2) is 8.23. The van der Waals surface area contributed by atoms with Gasteiger partial charge in [0.05, 0.1) is 11.5 Å². The van der Waals surface area contributed by atoms with E-state index in [0.29, 0.717) is 10.6 Å². The molecule has 0 unspecified atom stereocenters. The second-order valence-corrected chi connectivity index (χ2v) is 7.47. The van der Waals surface area contributed by atoms with Crippen molar-refractivity contribution in [2.24, 2.45) is 5.92 Å². The Morgan fingerprint density at radius 2 is 2.14 bits per heavy atom. The van der Waals surface area contributed by atoms with Gasteiger partial charge < -0.3 is 15.0 Å². The van der Waals surface area contributed by atoms with Gasteiger partial charge in [-0.3, -0.25) is 14.4 Å². The van der Waals surface area contributed by atoms with Crippen LogP contribution in [0.25, 0.3) is 0 Å². The molecule has 0 saturated carbocycles. The summed E-state index contributed by atoms with van der Waals surface area (Å²) in [5.41, 5.74) is 3.21. The van der Waals surface area contributed by atoms with Crippen molar-refractivity contribution in [2.45, 2.75) is 20.3 Å². The standard InChI is InChI=1S/C20H19N3O4S/c1-12-4-3-5-16(13(12)2)23-10-15(8-18(23)25)20(26)27-11-17(24)22-19-14(9-21)6-7-28-19/h3-7,15H,8,10-11H2,1-2H3,(H,22,24)/t15-/m0/s1. The number of hydrogen-bond donors (Lipinski definition) is 1. The number of nitrogens with one attached hydrogen (secondary N) is 1. The minimum Gasteiger partial charge on any atom is -0.455 e. The van der Waals surface area contributed by atoms with Gasteiger partial charge >= 0.3 is 5.97 Å². The summed E-state index contributed by atoms with van der Waals surface area (Å²) in [5, 5.41) is 13.6. The maximum Gasteiger partial charge on any atom is 0.311 e. The number of nitriles is 1. The predicted molar refractivity (Wildman–Crippen MR) is 105 cm³/mol. The number of ether oxygens (including phenoxy) is 1. The highest BCUT2D eigenvalue weighted by molar-refractivity contribution is 7.14. The van der Waals surface area contributed by atoms with Crippen molar-refractivity contribution in [1.29, 1.82) is 5.26 Å². The number of rotatable bonds is 5. The van der Waals surface area contributed by atoms with Crippen molar-refractivity contribution in [3.05, 3.63) is 46.3 Å². The van der Waals surface area contributed by atoms with E-state index in [4.69, 9.17) is 10.00 Å². The normalized spacial score (nSPS) is 16.0. The minimum absolute atomic E-state index is 0.0529. The molecule has 1 saturated heterocycles. The molecule has 144 valence electrons. The van der Waals surface area contributed by atoms with E-state index in [1.807, 2.05) is 38.1 Å². The number of thiophene rings is 1. The Kier molecular flexibility index (Phi) is 5.76. The molecule has 1 aliphatic heterocycles. The first kappa shape index (κ1) is 19.6. The molecule has 2 amide bonds. The van der Waals surface area contributed by atoms with Gasteiger partial charge in [-0.05, 0) is 42.5 Å². The second-order valence-electron chi connectivity index (χ2n) is 6.56. The molecule has 1 aliphatic rings. The van der Waals surface area contributed by atoms with Crippen LogP contribution in [0.5, 0.6) is 0 Å². The lowest BCUT2D eigenvalue weighted by Gasteiger charge is -2.20. The number of benzene rings is 1. The van der Waals surface area contributed by atoms with Crippen molar-refractivity contribution < 1.29 is 19.1 Å². The Morgan fingerprint density at radius 1 is 1.36 bits per heavy atom. The maximum absolute atomic E-state index is 12.4. The lowest BCUT2D eigenvalue weighted by atomic mass is 10.1. The van der Waals surface area contributed by atoms with Gasteiger partial charge in [0.1, 0.15) is 11.1 Å². The number of amides is 2. The van der Waals surface area contributed by atoms with Gasteiger partial charge in [-0.1, -0.05) is 12.1 Å². The van der Waals surface area contributed by atoms with Crippen LogP contribution in [0, 0.1) is 31.1 Å². The van der Waals surface area contributed by atoms with Crippen LogP contribution in [0.2, 0.25) is 0 Å². The van der Waals surface area contributed by atoms with E-state index >= 15 is 0 Å². The lowest BCUT2D eigenvalue weighted by Crippen LogP contribution is -2.28. The fourth-order valence-corrected chi connectivity index (χ4v) is 3.79. The molecule has 8 heteroatoms. The fourth-order valence-electron chi connectivity index (χ4n) is 3.04. The van der Waals surface area contributed by atoms with Crippen molar-refractivity contribution in [3.8, 4) is 6.07 Å². The number of carbonyl (C=O) groups is 3. The van der Waals surface area contributed by atoms with Crippen LogP contribution >= 0.6 is 11.3 Å². The maximum atomic E-state index is 12.4. The van der Waals surface area contributed by atoms with Gasteiger partial charge in [-0.25, -0.2) is 0 Å². The first-order valence-electron chi connectivity index (χ1n) is 8.71. The first-order valence-corrected chi connectivity index (χ1v) is 9.59. The Balaban J connectivity index is 1.57. The molecule has 2 heterocycles. The third-order valence-electron chi connectivity index (χ3n) is 4.71. The zero-order valence-corrected chi connectivity index (χ0v) is 16.3. The molecule has 0 aliphatic carbocycles. The molecule has 2 aromatic rings. The predicted octanol–water partition coefficient (Wildman–Crippen LogP) is 2.77. The number of anilines is 2. The van der Waals surface area contributed by atoms with E-state index in [1.54, 1.807) is 16.3 Å². The van der Waals surface area contributed by atoms with E-state index in [0.717, 1.165) is 16.8 Å². The Morgan fingerprint density at radius 3 is 2.89 bits per heavy atom. The van der Waals surface area contributed by atoms with E-state index in [-0.39, 0.29) is 18.9 Å². The highest BCUT2D eigenvalue weighted by atomic mass is 32.1. The summed E-state index contributed by atoms with van der Waals surface area (Å²) in [6.45, 7) is 3.67. The molecule has 7 nitrogen and oxygen atoms in total. The molecule has 1 atom stereocenters. The summed E-state index contributed by atoms with van der Waals surface area (Å²) in [4.78, 5) is 38.3. The molecule has 1 aromatic carbocycles. The summed E-state index contributed by atoms with van der Waals surface area (Å²) >= 11 is 1.22. The van der Waals surface area contributed by atoms with E-state index in [9.17, 15) is 14.4 Å². The van der Waals surface area contributed by atoms with Gasteiger partial charge in [0.15, 0.2) is 6.61 Å². The number of nitrogens with zero attached hydrogens (tertiary/aromatic N) is 2. The number of hydrogen-bond acceptors (Lipinski definition) is 6. The molecular formula is C20H19N3O4S. The van der Waals surface area contributed by atoms with Crippen molar-refractivity contribution in [3.63, 3.8) is 0 Å².